The maximum Gasteiger partial charge on any atom is 0.336 e. The Morgan fingerprint density at radius 1 is 1.00 bits per heavy atom. The lowest BCUT2D eigenvalue weighted by atomic mass is 10.2. The fourth-order valence-corrected chi connectivity index (χ4v) is 3.06. The van der Waals surface area contributed by atoms with Crippen LogP contribution >= 0.6 is 11.8 Å². The average Bonchev–Trinajstić information content (AvgIpc) is 2.53. The molecule has 0 fully saturated rings. The molecule has 3 aromatic rings. The second kappa shape index (κ2) is 5.97. The number of thioether (sulfide) groups is 1. The number of aromatic nitrogens is 1. The Morgan fingerprint density at radius 2 is 1.76 bits per heavy atom. The first-order valence-corrected chi connectivity index (χ1v) is 7.52. The Hall–Kier alpha value is -2.33. The number of nitrogens with zero attached hydrogens (tertiary/aromatic N) is 1. The van der Waals surface area contributed by atoms with E-state index in [1.807, 2.05) is 48.5 Å². The summed E-state index contributed by atoms with van der Waals surface area (Å²) >= 11 is 1.49. The molecule has 0 radical (unpaired) electrons. The van der Waals surface area contributed by atoms with Gasteiger partial charge in [-0.25, -0.2) is 4.79 Å². The molecule has 0 unspecified atom stereocenters. The predicted octanol–water partition coefficient (Wildman–Crippen LogP) is 4.23. The van der Waals surface area contributed by atoms with E-state index in [9.17, 15) is 9.90 Å². The quantitative estimate of drug-likeness (QED) is 0.732. The molecule has 0 saturated heterocycles. The van der Waals surface area contributed by atoms with Crippen LogP contribution in [0.5, 0.6) is 0 Å². The van der Waals surface area contributed by atoms with Gasteiger partial charge in [0, 0.05) is 16.0 Å². The molecule has 1 heterocycles. The van der Waals surface area contributed by atoms with Gasteiger partial charge in [-0.15, -0.1) is 11.8 Å². The molecular weight excluding hydrogens is 282 g/mol. The molecule has 1 N–H and O–H groups in total. The summed E-state index contributed by atoms with van der Waals surface area (Å²) in [5.41, 5.74) is 2.24. The predicted molar refractivity (Wildman–Crippen MR) is 84.7 cm³/mol. The third-order valence-corrected chi connectivity index (χ3v) is 4.26. The Labute approximate surface area is 126 Å². The Kier molecular flexibility index (Phi) is 3.88. The molecule has 21 heavy (non-hydrogen) atoms. The lowest BCUT2D eigenvalue weighted by molar-refractivity contribution is 0.0693. The summed E-state index contributed by atoms with van der Waals surface area (Å²) in [6.07, 6.45) is 0. The van der Waals surface area contributed by atoms with Crippen molar-refractivity contribution in [2.45, 2.75) is 10.6 Å². The van der Waals surface area contributed by atoms with Gasteiger partial charge < -0.3 is 5.11 Å². The van der Waals surface area contributed by atoms with Crippen LogP contribution in [0, 0.1) is 0 Å². The number of carboxylic acid groups (broad SMARTS) is 1. The number of carboxylic acids is 1. The second-order valence-electron chi connectivity index (χ2n) is 4.59. The fourth-order valence-electron chi connectivity index (χ4n) is 2.11. The lowest BCUT2D eigenvalue weighted by Gasteiger charge is -2.06. The highest BCUT2D eigenvalue weighted by atomic mass is 32.2. The van der Waals surface area contributed by atoms with E-state index in [1.54, 1.807) is 12.1 Å². The van der Waals surface area contributed by atoms with Crippen LogP contribution in [0.25, 0.3) is 10.9 Å². The highest BCUT2D eigenvalue weighted by molar-refractivity contribution is 7.98. The summed E-state index contributed by atoms with van der Waals surface area (Å²) in [5, 5.41) is 10.3. The molecule has 4 heteroatoms. The number of para-hydroxylation sites is 1. The third kappa shape index (κ3) is 3.06. The summed E-state index contributed by atoms with van der Waals surface area (Å²) in [4.78, 5) is 16.5. The molecule has 0 aliphatic heterocycles. The number of hydrogen-bond acceptors (Lipinski definition) is 3. The van der Waals surface area contributed by atoms with Gasteiger partial charge in [0.1, 0.15) is 0 Å². The lowest BCUT2D eigenvalue weighted by Crippen LogP contribution is -1.98. The molecule has 2 aromatic carbocycles. The van der Waals surface area contributed by atoms with E-state index in [0.29, 0.717) is 11.3 Å². The van der Waals surface area contributed by atoms with Crippen LogP contribution in [0.15, 0.2) is 65.6 Å². The van der Waals surface area contributed by atoms with Crippen molar-refractivity contribution in [1.29, 1.82) is 0 Å². The largest absolute Gasteiger partial charge is 0.478 e. The molecule has 3 rings (SSSR count). The SMILES string of the molecule is O=C(O)c1ccccc1SCc1ccc2ccccc2n1. The zero-order valence-corrected chi connectivity index (χ0v) is 12.0. The van der Waals surface area contributed by atoms with Crippen molar-refractivity contribution in [2.24, 2.45) is 0 Å². The number of benzene rings is 2. The molecule has 0 aliphatic carbocycles. The van der Waals surface area contributed by atoms with Gasteiger partial charge in [0.05, 0.1) is 16.8 Å². The average molecular weight is 295 g/mol. The number of hydrogen-bond donors (Lipinski definition) is 1. The fraction of sp³-hybridized carbons (Fsp3) is 0.0588. The summed E-state index contributed by atoms with van der Waals surface area (Å²) in [6.45, 7) is 0. The van der Waals surface area contributed by atoms with Crippen molar-refractivity contribution in [3.63, 3.8) is 0 Å². The van der Waals surface area contributed by atoms with Crippen LogP contribution in [0.2, 0.25) is 0 Å². The standard InChI is InChI=1S/C17H13NO2S/c19-17(20)14-6-2-4-8-16(14)21-11-13-10-9-12-5-1-3-7-15(12)18-13/h1-10H,11H2,(H,19,20). The summed E-state index contributed by atoms with van der Waals surface area (Å²) < 4.78 is 0. The second-order valence-corrected chi connectivity index (χ2v) is 5.60. The molecule has 0 spiro atoms. The van der Waals surface area contributed by atoms with Crippen LogP contribution in [-0.2, 0) is 5.75 Å². The number of rotatable bonds is 4. The van der Waals surface area contributed by atoms with E-state index in [1.165, 1.54) is 11.8 Å². The summed E-state index contributed by atoms with van der Waals surface area (Å²) in [5.74, 6) is -0.251. The van der Waals surface area contributed by atoms with Crippen LogP contribution in [-0.4, -0.2) is 16.1 Å². The van der Waals surface area contributed by atoms with E-state index in [-0.39, 0.29) is 0 Å². The van der Waals surface area contributed by atoms with E-state index in [2.05, 4.69) is 4.98 Å². The van der Waals surface area contributed by atoms with Gasteiger partial charge >= 0.3 is 5.97 Å². The van der Waals surface area contributed by atoms with Crippen molar-refractivity contribution in [3.8, 4) is 0 Å². The monoisotopic (exact) mass is 295 g/mol. The summed E-state index contributed by atoms with van der Waals surface area (Å²) in [6, 6.07) is 19.0. The zero-order valence-electron chi connectivity index (χ0n) is 11.2. The van der Waals surface area contributed by atoms with Crippen LogP contribution < -0.4 is 0 Å². The minimum atomic E-state index is -0.899. The van der Waals surface area contributed by atoms with Gasteiger partial charge in [0.15, 0.2) is 0 Å². The Morgan fingerprint density at radius 3 is 2.62 bits per heavy atom. The first kappa shape index (κ1) is 13.6. The van der Waals surface area contributed by atoms with E-state index in [0.717, 1.165) is 21.5 Å². The number of aromatic carboxylic acids is 1. The number of fused-ring (bicyclic) bond motifs is 1. The normalized spacial score (nSPS) is 10.7. The van der Waals surface area contributed by atoms with E-state index in [4.69, 9.17) is 0 Å². The topological polar surface area (TPSA) is 50.2 Å². The minimum Gasteiger partial charge on any atom is -0.478 e. The summed E-state index contributed by atoms with van der Waals surface area (Å²) in [7, 11) is 0. The molecule has 104 valence electrons. The minimum absolute atomic E-state index is 0.336. The van der Waals surface area contributed by atoms with Crippen molar-refractivity contribution in [1.82, 2.24) is 4.98 Å². The van der Waals surface area contributed by atoms with Crippen molar-refractivity contribution in [2.75, 3.05) is 0 Å². The molecular formula is C17H13NO2S. The van der Waals surface area contributed by atoms with Gasteiger partial charge in [0.2, 0.25) is 0 Å². The number of pyridine rings is 1. The third-order valence-electron chi connectivity index (χ3n) is 3.15. The van der Waals surface area contributed by atoms with Crippen molar-refractivity contribution >= 4 is 28.6 Å². The first-order chi connectivity index (χ1) is 10.2. The van der Waals surface area contributed by atoms with Crippen LogP contribution in [0.4, 0.5) is 0 Å². The molecule has 0 bridgehead atoms. The van der Waals surface area contributed by atoms with Gasteiger partial charge in [-0.1, -0.05) is 36.4 Å². The Balaban J connectivity index is 1.82. The van der Waals surface area contributed by atoms with E-state index < -0.39 is 5.97 Å². The molecule has 0 amide bonds. The van der Waals surface area contributed by atoms with E-state index >= 15 is 0 Å². The van der Waals surface area contributed by atoms with Crippen molar-refractivity contribution < 1.29 is 9.90 Å². The van der Waals surface area contributed by atoms with Gasteiger partial charge in [0.25, 0.3) is 0 Å². The molecule has 0 atom stereocenters. The molecule has 0 saturated carbocycles. The number of carbonyl (C=O) groups is 1. The maximum atomic E-state index is 11.2. The van der Waals surface area contributed by atoms with Crippen LogP contribution in [0.3, 0.4) is 0 Å². The first-order valence-electron chi connectivity index (χ1n) is 6.54. The zero-order chi connectivity index (χ0) is 14.7. The van der Waals surface area contributed by atoms with Gasteiger partial charge in [-0.2, -0.15) is 0 Å². The van der Waals surface area contributed by atoms with Crippen LogP contribution in [0.1, 0.15) is 16.1 Å². The molecule has 1 aromatic heterocycles. The highest BCUT2D eigenvalue weighted by Crippen LogP contribution is 2.26. The molecule has 0 aliphatic rings. The Bertz CT molecular complexity index is 801. The smallest absolute Gasteiger partial charge is 0.336 e. The maximum absolute atomic E-state index is 11.2. The van der Waals surface area contributed by atoms with Gasteiger partial charge in [-0.3, -0.25) is 4.98 Å². The van der Waals surface area contributed by atoms with Gasteiger partial charge in [-0.05, 0) is 24.3 Å². The van der Waals surface area contributed by atoms with Crippen molar-refractivity contribution in [3.05, 3.63) is 71.9 Å². The highest BCUT2D eigenvalue weighted by Gasteiger charge is 2.09. The molecule has 3 nitrogen and oxygen atoms in total.